The van der Waals surface area contributed by atoms with E-state index in [-0.39, 0.29) is 0 Å². The van der Waals surface area contributed by atoms with Crippen LogP contribution in [0.3, 0.4) is 0 Å². The van der Waals surface area contributed by atoms with Gasteiger partial charge in [-0.15, -0.1) is 0 Å². The van der Waals surface area contributed by atoms with Crippen molar-refractivity contribution in [2.75, 3.05) is 7.11 Å². The van der Waals surface area contributed by atoms with E-state index in [1.807, 2.05) is 12.1 Å². The highest BCUT2D eigenvalue weighted by Crippen LogP contribution is 2.41. The minimum atomic E-state index is 0.433. The molecule has 1 unspecified atom stereocenters. The Hall–Kier alpha value is -1.32. The Bertz CT molecular complexity index is 592. The number of nitrogens with one attached hydrogen (secondary N) is 1. The molecular formula is C18H20BrNO. The molecule has 0 heterocycles. The first-order valence-electron chi connectivity index (χ1n) is 7.38. The Kier molecular flexibility index (Phi) is 4.61. The fourth-order valence-corrected chi connectivity index (χ4v) is 3.08. The topological polar surface area (TPSA) is 21.3 Å². The van der Waals surface area contributed by atoms with Gasteiger partial charge in [-0.25, -0.2) is 0 Å². The first kappa shape index (κ1) is 14.6. The number of ether oxygens (including phenoxy) is 1. The van der Waals surface area contributed by atoms with Gasteiger partial charge in [0.1, 0.15) is 5.75 Å². The lowest BCUT2D eigenvalue weighted by molar-refractivity contribution is 0.413. The summed E-state index contributed by atoms with van der Waals surface area (Å²) >= 11 is 3.62. The lowest BCUT2D eigenvalue weighted by Gasteiger charge is -2.19. The summed E-state index contributed by atoms with van der Waals surface area (Å²) in [7, 11) is 1.71. The molecule has 21 heavy (non-hydrogen) atoms. The molecule has 1 atom stereocenters. The van der Waals surface area contributed by atoms with Gasteiger partial charge in [-0.2, -0.15) is 0 Å². The van der Waals surface area contributed by atoms with Crippen molar-refractivity contribution in [3.63, 3.8) is 0 Å². The molecule has 1 aliphatic rings. The molecule has 0 aromatic heterocycles. The predicted octanol–water partition coefficient (Wildman–Crippen LogP) is 4.70. The van der Waals surface area contributed by atoms with Gasteiger partial charge in [0.2, 0.25) is 0 Å². The molecule has 3 rings (SSSR count). The molecule has 1 fully saturated rings. The van der Waals surface area contributed by atoms with Gasteiger partial charge in [0.15, 0.2) is 0 Å². The largest absolute Gasteiger partial charge is 0.497 e. The van der Waals surface area contributed by atoms with Crippen molar-refractivity contribution >= 4 is 15.9 Å². The van der Waals surface area contributed by atoms with Crippen LogP contribution in [0.5, 0.6) is 5.75 Å². The van der Waals surface area contributed by atoms with Crippen LogP contribution < -0.4 is 10.1 Å². The maximum Gasteiger partial charge on any atom is 0.118 e. The molecule has 1 saturated carbocycles. The molecule has 2 aromatic rings. The maximum absolute atomic E-state index is 5.24. The van der Waals surface area contributed by atoms with Gasteiger partial charge in [-0.05, 0) is 48.1 Å². The zero-order chi connectivity index (χ0) is 14.7. The smallest absolute Gasteiger partial charge is 0.118 e. The lowest BCUT2D eigenvalue weighted by atomic mass is 10.0. The number of hydrogen-bond acceptors (Lipinski definition) is 2. The summed E-state index contributed by atoms with van der Waals surface area (Å²) in [5.41, 5.74) is 2.65. The summed E-state index contributed by atoms with van der Waals surface area (Å²) in [4.78, 5) is 0. The van der Waals surface area contributed by atoms with E-state index in [1.54, 1.807) is 7.11 Å². The molecule has 0 aliphatic heterocycles. The van der Waals surface area contributed by atoms with Crippen LogP contribution in [0.1, 0.15) is 30.0 Å². The third kappa shape index (κ3) is 3.66. The molecule has 1 N–H and O–H groups in total. The minimum absolute atomic E-state index is 0.433. The van der Waals surface area contributed by atoms with Crippen LogP contribution in [0.15, 0.2) is 53.0 Å². The van der Waals surface area contributed by atoms with E-state index in [9.17, 15) is 0 Å². The molecule has 0 spiro atoms. The number of halogens is 1. The average Bonchev–Trinajstić information content (AvgIpc) is 3.35. The van der Waals surface area contributed by atoms with Crippen LogP contribution in [0.25, 0.3) is 0 Å². The Balaban J connectivity index is 1.71. The first-order chi connectivity index (χ1) is 10.3. The van der Waals surface area contributed by atoms with E-state index in [2.05, 4.69) is 57.6 Å². The fraction of sp³-hybridized carbons (Fsp3) is 0.333. The van der Waals surface area contributed by atoms with Crippen LogP contribution in [-0.4, -0.2) is 7.11 Å². The molecule has 0 amide bonds. The van der Waals surface area contributed by atoms with Crippen molar-refractivity contribution in [1.29, 1.82) is 0 Å². The van der Waals surface area contributed by atoms with Crippen molar-refractivity contribution in [2.45, 2.75) is 25.4 Å². The van der Waals surface area contributed by atoms with Gasteiger partial charge >= 0.3 is 0 Å². The molecule has 0 saturated heterocycles. The Morgan fingerprint density at radius 1 is 1.14 bits per heavy atom. The summed E-state index contributed by atoms with van der Waals surface area (Å²) in [5, 5.41) is 3.72. The second-order valence-electron chi connectivity index (χ2n) is 5.56. The highest BCUT2D eigenvalue weighted by molar-refractivity contribution is 9.10. The van der Waals surface area contributed by atoms with Crippen molar-refractivity contribution in [2.24, 2.45) is 5.92 Å². The molecular weight excluding hydrogens is 326 g/mol. The van der Waals surface area contributed by atoms with Crippen molar-refractivity contribution < 1.29 is 4.74 Å². The SMILES string of the molecule is COc1ccc(C(NCc2ccccc2Br)C2CC2)cc1. The lowest BCUT2D eigenvalue weighted by Crippen LogP contribution is -2.22. The second-order valence-corrected chi connectivity index (χ2v) is 6.41. The summed E-state index contributed by atoms with van der Waals surface area (Å²) in [6.07, 6.45) is 2.64. The van der Waals surface area contributed by atoms with Gasteiger partial charge < -0.3 is 10.1 Å². The first-order valence-corrected chi connectivity index (χ1v) is 8.18. The Labute approximate surface area is 134 Å². The summed E-state index contributed by atoms with van der Waals surface area (Å²) in [6, 6.07) is 17.3. The van der Waals surface area contributed by atoms with Crippen LogP contribution in [-0.2, 0) is 6.54 Å². The van der Waals surface area contributed by atoms with E-state index in [0.717, 1.165) is 18.2 Å². The van der Waals surface area contributed by atoms with Crippen LogP contribution in [0.2, 0.25) is 0 Å². The Morgan fingerprint density at radius 2 is 1.86 bits per heavy atom. The maximum atomic E-state index is 5.24. The van der Waals surface area contributed by atoms with Gasteiger partial charge in [0, 0.05) is 17.1 Å². The highest BCUT2D eigenvalue weighted by Gasteiger charge is 2.31. The normalized spacial score (nSPS) is 15.7. The highest BCUT2D eigenvalue weighted by atomic mass is 79.9. The van der Waals surface area contributed by atoms with Crippen molar-refractivity contribution in [1.82, 2.24) is 5.32 Å². The number of hydrogen-bond donors (Lipinski definition) is 1. The van der Waals surface area contributed by atoms with Gasteiger partial charge in [0.05, 0.1) is 7.11 Å². The standard InChI is InChI=1S/C18H20BrNO/c1-21-16-10-8-14(9-11-16)18(13-6-7-13)20-12-15-4-2-3-5-17(15)19/h2-5,8-11,13,18,20H,6-7,12H2,1H3. The molecule has 2 aromatic carbocycles. The monoisotopic (exact) mass is 345 g/mol. The van der Waals surface area contributed by atoms with E-state index in [4.69, 9.17) is 4.74 Å². The third-order valence-electron chi connectivity index (χ3n) is 4.04. The number of rotatable bonds is 6. The van der Waals surface area contributed by atoms with E-state index in [0.29, 0.717) is 6.04 Å². The van der Waals surface area contributed by atoms with E-state index >= 15 is 0 Å². The quantitative estimate of drug-likeness (QED) is 0.819. The molecule has 2 nitrogen and oxygen atoms in total. The number of methoxy groups -OCH3 is 1. The summed E-state index contributed by atoms with van der Waals surface area (Å²) < 4.78 is 6.41. The second kappa shape index (κ2) is 6.63. The third-order valence-corrected chi connectivity index (χ3v) is 4.81. The van der Waals surface area contributed by atoms with Crippen LogP contribution in [0, 0.1) is 5.92 Å². The molecule has 110 valence electrons. The molecule has 0 bridgehead atoms. The van der Waals surface area contributed by atoms with Crippen LogP contribution in [0.4, 0.5) is 0 Å². The zero-order valence-electron chi connectivity index (χ0n) is 12.2. The number of benzene rings is 2. The van der Waals surface area contributed by atoms with Gasteiger partial charge in [-0.3, -0.25) is 0 Å². The summed E-state index contributed by atoms with van der Waals surface area (Å²) in [6.45, 7) is 0.884. The predicted molar refractivity (Wildman–Crippen MR) is 89.4 cm³/mol. The molecule has 3 heteroatoms. The van der Waals surface area contributed by atoms with Gasteiger partial charge in [0.25, 0.3) is 0 Å². The van der Waals surface area contributed by atoms with Crippen molar-refractivity contribution in [3.05, 3.63) is 64.1 Å². The van der Waals surface area contributed by atoms with Crippen molar-refractivity contribution in [3.8, 4) is 5.75 Å². The summed E-state index contributed by atoms with van der Waals surface area (Å²) in [5.74, 6) is 1.68. The molecule has 1 aliphatic carbocycles. The van der Waals surface area contributed by atoms with Gasteiger partial charge in [-0.1, -0.05) is 46.3 Å². The fourth-order valence-electron chi connectivity index (χ4n) is 2.66. The van der Waals surface area contributed by atoms with E-state index in [1.165, 1.54) is 28.4 Å². The average molecular weight is 346 g/mol. The minimum Gasteiger partial charge on any atom is -0.497 e. The zero-order valence-corrected chi connectivity index (χ0v) is 13.8. The molecule has 0 radical (unpaired) electrons. The van der Waals surface area contributed by atoms with Crippen LogP contribution >= 0.6 is 15.9 Å². The Morgan fingerprint density at radius 3 is 2.48 bits per heavy atom. The van der Waals surface area contributed by atoms with E-state index < -0.39 is 0 Å².